The molecular formula is C9H12N4S2. The van der Waals surface area contributed by atoms with Gasteiger partial charge in [0, 0.05) is 5.69 Å². The molecule has 1 heterocycles. The Hall–Kier alpha value is -0.850. The zero-order chi connectivity index (χ0) is 10.7. The van der Waals surface area contributed by atoms with Gasteiger partial charge in [0.15, 0.2) is 0 Å². The first-order valence-electron chi connectivity index (χ1n) is 4.52. The van der Waals surface area contributed by atoms with Crippen molar-refractivity contribution in [3.63, 3.8) is 0 Å². The molecule has 0 saturated carbocycles. The van der Waals surface area contributed by atoms with Gasteiger partial charge in [0.05, 0.1) is 6.67 Å². The van der Waals surface area contributed by atoms with Crippen molar-refractivity contribution in [3.8, 4) is 0 Å². The Kier molecular flexibility index (Phi) is 3.40. The Balaban J connectivity index is 2.06. The third-order valence-electron chi connectivity index (χ3n) is 1.96. The van der Waals surface area contributed by atoms with E-state index < -0.39 is 0 Å². The molecule has 0 bridgehead atoms. The van der Waals surface area contributed by atoms with Crippen LogP contribution < -0.4 is 5.32 Å². The van der Waals surface area contributed by atoms with E-state index in [4.69, 9.17) is 0 Å². The van der Waals surface area contributed by atoms with Gasteiger partial charge in [-0.1, -0.05) is 43.8 Å². The van der Waals surface area contributed by atoms with Crippen molar-refractivity contribution in [2.24, 2.45) is 4.99 Å². The SMILES string of the molecule is SN1CN=C(Nc2ccccc2)N(S)C1. The zero-order valence-corrected chi connectivity index (χ0v) is 9.83. The highest BCUT2D eigenvalue weighted by Crippen LogP contribution is 2.12. The van der Waals surface area contributed by atoms with E-state index in [0.29, 0.717) is 13.3 Å². The van der Waals surface area contributed by atoms with Crippen molar-refractivity contribution in [2.75, 3.05) is 18.7 Å². The summed E-state index contributed by atoms with van der Waals surface area (Å²) in [4.78, 5) is 4.29. The number of nitrogens with one attached hydrogen (secondary N) is 1. The first-order chi connectivity index (χ1) is 7.25. The number of guanidine groups is 1. The first-order valence-corrected chi connectivity index (χ1v) is 5.32. The maximum atomic E-state index is 4.30. The molecule has 0 atom stereocenters. The maximum absolute atomic E-state index is 4.30. The van der Waals surface area contributed by atoms with Crippen LogP contribution >= 0.6 is 25.6 Å². The summed E-state index contributed by atoms with van der Waals surface area (Å²) in [6, 6.07) is 9.88. The van der Waals surface area contributed by atoms with Crippen LogP contribution in [0.5, 0.6) is 0 Å². The van der Waals surface area contributed by atoms with Crippen LogP contribution in [0.1, 0.15) is 0 Å². The second kappa shape index (κ2) is 4.78. The molecule has 1 N–H and O–H groups in total. The molecule has 1 aliphatic heterocycles. The van der Waals surface area contributed by atoms with Crippen LogP contribution in [0.4, 0.5) is 5.69 Å². The molecule has 0 amide bonds. The lowest BCUT2D eigenvalue weighted by Crippen LogP contribution is -2.40. The fraction of sp³-hybridized carbons (Fsp3) is 0.222. The van der Waals surface area contributed by atoms with Gasteiger partial charge in [-0.25, -0.2) is 9.30 Å². The van der Waals surface area contributed by atoms with Gasteiger partial charge in [-0.05, 0) is 12.1 Å². The average molecular weight is 240 g/mol. The third-order valence-corrected chi connectivity index (χ3v) is 2.52. The van der Waals surface area contributed by atoms with E-state index in [1.54, 1.807) is 8.61 Å². The van der Waals surface area contributed by atoms with Crippen molar-refractivity contribution >= 4 is 37.3 Å². The Morgan fingerprint density at radius 1 is 1.20 bits per heavy atom. The number of benzene rings is 1. The molecule has 6 heteroatoms. The van der Waals surface area contributed by atoms with Crippen LogP contribution in [-0.4, -0.2) is 27.9 Å². The number of rotatable bonds is 1. The highest BCUT2D eigenvalue weighted by Gasteiger charge is 2.15. The molecule has 0 spiro atoms. The molecule has 0 aromatic heterocycles. The molecule has 1 aliphatic rings. The molecule has 1 aromatic rings. The smallest absolute Gasteiger partial charge is 0.211 e. The number of hydrogen-bond acceptors (Lipinski definition) is 6. The van der Waals surface area contributed by atoms with E-state index in [1.807, 2.05) is 30.3 Å². The Morgan fingerprint density at radius 3 is 2.60 bits per heavy atom. The third kappa shape index (κ3) is 2.80. The topological polar surface area (TPSA) is 30.9 Å². The normalized spacial score (nSPS) is 17.5. The number of thiol groups is 2. The van der Waals surface area contributed by atoms with Crippen LogP contribution in [0.3, 0.4) is 0 Å². The number of nitrogens with zero attached hydrogens (tertiary/aromatic N) is 3. The number of anilines is 1. The summed E-state index contributed by atoms with van der Waals surface area (Å²) in [6.07, 6.45) is 0. The van der Waals surface area contributed by atoms with Crippen LogP contribution in [0.25, 0.3) is 0 Å². The number of para-hydroxylation sites is 1. The Labute approximate surface area is 100 Å². The molecule has 2 rings (SSSR count). The lowest BCUT2D eigenvalue weighted by atomic mass is 10.3. The van der Waals surface area contributed by atoms with Crippen LogP contribution in [0.15, 0.2) is 35.3 Å². The van der Waals surface area contributed by atoms with E-state index in [1.165, 1.54) is 0 Å². The van der Waals surface area contributed by atoms with Crippen LogP contribution in [0.2, 0.25) is 0 Å². The van der Waals surface area contributed by atoms with Crippen molar-refractivity contribution in [3.05, 3.63) is 30.3 Å². The molecular weight excluding hydrogens is 228 g/mol. The van der Waals surface area contributed by atoms with Crippen molar-refractivity contribution in [1.82, 2.24) is 8.61 Å². The van der Waals surface area contributed by atoms with Gasteiger partial charge in [-0.3, -0.25) is 4.31 Å². The molecule has 0 saturated heterocycles. The number of hydrogen-bond donors (Lipinski definition) is 3. The monoisotopic (exact) mass is 240 g/mol. The largest absolute Gasteiger partial charge is 0.325 e. The molecule has 0 radical (unpaired) electrons. The van der Waals surface area contributed by atoms with Crippen LogP contribution in [-0.2, 0) is 0 Å². The number of aliphatic imine (C=N–C) groups is 1. The summed E-state index contributed by atoms with van der Waals surface area (Å²) in [7, 11) is 0. The zero-order valence-electron chi connectivity index (χ0n) is 8.04. The summed E-state index contributed by atoms with van der Waals surface area (Å²) in [5.74, 6) is 0.745. The second-order valence-corrected chi connectivity index (χ2v) is 4.21. The van der Waals surface area contributed by atoms with Crippen molar-refractivity contribution in [2.45, 2.75) is 0 Å². The summed E-state index contributed by atoms with van der Waals surface area (Å²) >= 11 is 8.49. The van der Waals surface area contributed by atoms with Gasteiger partial charge < -0.3 is 5.32 Å². The second-order valence-electron chi connectivity index (χ2n) is 3.16. The highest BCUT2D eigenvalue weighted by molar-refractivity contribution is 7.78. The minimum absolute atomic E-state index is 0.565. The van der Waals surface area contributed by atoms with E-state index in [-0.39, 0.29) is 0 Å². The van der Waals surface area contributed by atoms with Crippen molar-refractivity contribution < 1.29 is 0 Å². The molecule has 4 nitrogen and oxygen atoms in total. The molecule has 1 aromatic carbocycles. The summed E-state index contributed by atoms with van der Waals surface area (Å²) in [5, 5.41) is 3.19. The predicted molar refractivity (Wildman–Crippen MR) is 68.9 cm³/mol. The van der Waals surface area contributed by atoms with Gasteiger partial charge >= 0.3 is 0 Å². The average Bonchev–Trinajstić information content (AvgIpc) is 2.24. The van der Waals surface area contributed by atoms with Crippen molar-refractivity contribution in [1.29, 1.82) is 0 Å². The minimum atomic E-state index is 0.565. The molecule has 15 heavy (non-hydrogen) atoms. The molecule has 0 unspecified atom stereocenters. The summed E-state index contributed by atoms with van der Waals surface area (Å²) in [6.45, 7) is 1.19. The summed E-state index contributed by atoms with van der Waals surface area (Å²) < 4.78 is 3.48. The Bertz CT molecular complexity index is 354. The maximum Gasteiger partial charge on any atom is 0.211 e. The van der Waals surface area contributed by atoms with Crippen LogP contribution in [0, 0.1) is 0 Å². The molecule has 0 aliphatic carbocycles. The lowest BCUT2D eigenvalue weighted by Gasteiger charge is -2.29. The van der Waals surface area contributed by atoms with E-state index in [2.05, 4.69) is 35.9 Å². The standard InChI is InChI=1S/C9H12N4S2/c14-12-6-10-9(13(15)7-12)11-8-4-2-1-3-5-8/h1-5,14-15H,6-7H2,(H,10,11). The quantitative estimate of drug-likeness (QED) is 0.653. The highest BCUT2D eigenvalue weighted by atomic mass is 32.1. The van der Waals surface area contributed by atoms with E-state index >= 15 is 0 Å². The fourth-order valence-corrected chi connectivity index (χ4v) is 1.81. The summed E-state index contributed by atoms with van der Waals surface area (Å²) in [5.41, 5.74) is 1.00. The van der Waals surface area contributed by atoms with Gasteiger partial charge in [0.25, 0.3) is 0 Å². The van der Waals surface area contributed by atoms with Gasteiger partial charge in [-0.2, -0.15) is 0 Å². The van der Waals surface area contributed by atoms with Gasteiger partial charge in [0.1, 0.15) is 6.67 Å². The van der Waals surface area contributed by atoms with E-state index in [0.717, 1.165) is 11.6 Å². The fourth-order valence-electron chi connectivity index (χ4n) is 1.25. The molecule has 0 fully saturated rings. The predicted octanol–water partition coefficient (Wildman–Crippen LogP) is 1.68. The Morgan fingerprint density at radius 2 is 1.93 bits per heavy atom. The lowest BCUT2D eigenvalue weighted by molar-refractivity contribution is 0.388. The minimum Gasteiger partial charge on any atom is -0.325 e. The first kappa shape index (κ1) is 10.7. The van der Waals surface area contributed by atoms with Gasteiger partial charge in [-0.15, -0.1) is 0 Å². The van der Waals surface area contributed by atoms with E-state index in [9.17, 15) is 0 Å². The van der Waals surface area contributed by atoms with Gasteiger partial charge in [0.2, 0.25) is 5.96 Å². The molecule has 80 valence electrons.